The molecule has 0 unspecified atom stereocenters. The molecule has 1 aliphatic rings. The Hall–Kier alpha value is -2.59. The molecule has 142 valence electrons. The average molecular weight is 364 g/mol. The van der Waals surface area contributed by atoms with Crippen LogP contribution in [0.5, 0.6) is 0 Å². The maximum atomic E-state index is 12.2. The Bertz CT molecular complexity index is 803. The molecule has 0 saturated carbocycles. The van der Waals surface area contributed by atoms with Gasteiger partial charge in [0.25, 0.3) is 0 Å². The maximum absolute atomic E-state index is 12.2. The van der Waals surface area contributed by atoms with Crippen molar-refractivity contribution in [1.29, 1.82) is 0 Å². The lowest BCUT2D eigenvalue weighted by molar-refractivity contribution is -0.111. The summed E-state index contributed by atoms with van der Waals surface area (Å²) in [5.41, 5.74) is 5.42. The number of piperazine rings is 1. The van der Waals surface area contributed by atoms with Crippen LogP contribution in [0.25, 0.3) is 6.08 Å². The predicted molar refractivity (Wildman–Crippen MR) is 114 cm³/mol. The van der Waals surface area contributed by atoms with Crippen molar-refractivity contribution >= 4 is 23.4 Å². The number of hydrogen-bond acceptors (Lipinski definition) is 3. The van der Waals surface area contributed by atoms with Gasteiger partial charge in [0.05, 0.1) is 0 Å². The Morgan fingerprint density at radius 3 is 2.37 bits per heavy atom. The molecule has 2 aromatic carbocycles. The number of likely N-dealkylation sites (N-methyl/N-ethyl adjacent to an activating group) is 1. The van der Waals surface area contributed by atoms with Crippen molar-refractivity contribution < 1.29 is 4.79 Å². The lowest BCUT2D eigenvalue weighted by Gasteiger charge is -2.35. The molecule has 4 heteroatoms. The highest BCUT2D eigenvalue weighted by molar-refractivity contribution is 6.02. The smallest absolute Gasteiger partial charge is 0.248 e. The van der Waals surface area contributed by atoms with E-state index in [-0.39, 0.29) is 5.91 Å². The topological polar surface area (TPSA) is 35.6 Å². The second-order valence-electron chi connectivity index (χ2n) is 7.15. The zero-order chi connectivity index (χ0) is 19.2. The van der Waals surface area contributed by atoms with Gasteiger partial charge in [-0.25, -0.2) is 0 Å². The van der Waals surface area contributed by atoms with Crippen LogP contribution < -0.4 is 10.2 Å². The molecule has 0 aliphatic carbocycles. The molecule has 1 N–H and O–H groups in total. The summed E-state index contributed by atoms with van der Waals surface area (Å²) in [5, 5.41) is 2.99. The molecule has 1 fully saturated rings. The third-order valence-electron chi connectivity index (χ3n) is 5.16. The van der Waals surface area contributed by atoms with E-state index in [1.165, 1.54) is 11.3 Å². The van der Waals surface area contributed by atoms with Gasteiger partial charge in [0.1, 0.15) is 0 Å². The summed E-state index contributed by atoms with van der Waals surface area (Å²) < 4.78 is 0. The standard InChI is InChI=1S/C23H29N3O/c1-4-25-13-15-26(16-14-25)21-10-11-22(19(3)17-21)24-23(27)12-9-20-7-5-18(2)6-8-20/h5-12,17H,4,13-16H2,1-3H3,(H,24,27)/b12-9+. The minimum absolute atomic E-state index is 0.108. The van der Waals surface area contributed by atoms with Gasteiger partial charge in [-0.1, -0.05) is 36.8 Å². The van der Waals surface area contributed by atoms with E-state index in [1.54, 1.807) is 6.08 Å². The number of hydrogen-bond donors (Lipinski definition) is 1. The van der Waals surface area contributed by atoms with E-state index >= 15 is 0 Å². The van der Waals surface area contributed by atoms with Crippen molar-refractivity contribution in [3.05, 3.63) is 65.2 Å². The molecule has 0 radical (unpaired) electrons. The average Bonchev–Trinajstić information content (AvgIpc) is 2.69. The molecular weight excluding hydrogens is 334 g/mol. The Morgan fingerprint density at radius 1 is 1.04 bits per heavy atom. The van der Waals surface area contributed by atoms with Crippen LogP contribution in [0.3, 0.4) is 0 Å². The zero-order valence-corrected chi connectivity index (χ0v) is 16.5. The van der Waals surface area contributed by atoms with Crippen molar-refractivity contribution in [1.82, 2.24) is 4.90 Å². The van der Waals surface area contributed by atoms with E-state index in [9.17, 15) is 4.79 Å². The lowest BCUT2D eigenvalue weighted by Crippen LogP contribution is -2.46. The highest BCUT2D eigenvalue weighted by Crippen LogP contribution is 2.24. The predicted octanol–water partition coefficient (Wildman–Crippen LogP) is 4.10. The number of carbonyl (C=O) groups is 1. The van der Waals surface area contributed by atoms with Crippen LogP contribution in [0, 0.1) is 13.8 Å². The molecule has 1 heterocycles. The van der Waals surface area contributed by atoms with E-state index in [1.807, 2.05) is 43.3 Å². The molecular formula is C23H29N3O. The first-order valence-corrected chi connectivity index (χ1v) is 9.69. The summed E-state index contributed by atoms with van der Waals surface area (Å²) >= 11 is 0. The van der Waals surface area contributed by atoms with Crippen LogP contribution in [-0.4, -0.2) is 43.5 Å². The summed E-state index contributed by atoms with van der Waals surface area (Å²) in [4.78, 5) is 17.1. The molecule has 27 heavy (non-hydrogen) atoms. The normalized spacial score (nSPS) is 15.3. The van der Waals surface area contributed by atoms with E-state index in [4.69, 9.17) is 0 Å². The Morgan fingerprint density at radius 2 is 1.74 bits per heavy atom. The number of nitrogens with zero attached hydrogens (tertiary/aromatic N) is 2. The second-order valence-corrected chi connectivity index (χ2v) is 7.15. The van der Waals surface area contributed by atoms with Crippen molar-refractivity contribution in [2.75, 3.05) is 42.9 Å². The van der Waals surface area contributed by atoms with Crippen molar-refractivity contribution in [2.45, 2.75) is 20.8 Å². The van der Waals surface area contributed by atoms with Gasteiger partial charge in [-0.2, -0.15) is 0 Å². The molecule has 4 nitrogen and oxygen atoms in total. The number of aryl methyl sites for hydroxylation is 2. The fourth-order valence-electron chi connectivity index (χ4n) is 3.33. The van der Waals surface area contributed by atoms with Crippen molar-refractivity contribution in [2.24, 2.45) is 0 Å². The SMILES string of the molecule is CCN1CCN(c2ccc(NC(=O)/C=C/c3ccc(C)cc3)c(C)c2)CC1. The van der Waals surface area contributed by atoms with Crippen LogP contribution in [0.2, 0.25) is 0 Å². The monoisotopic (exact) mass is 363 g/mol. The van der Waals surface area contributed by atoms with Crippen LogP contribution in [0.4, 0.5) is 11.4 Å². The number of amides is 1. The van der Waals surface area contributed by atoms with Crippen molar-refractivity contribution in [3.63, 3.8) is 0 Å². The summed E-state index contributed by atoms with van der Waals surface area (Å²) in [7, 11) is 0. The van der Waals surface area contributed by atoms with Crippen LogP contribution in [-0.2, 0) is 4.79 Å². The molecule has 0 aromatic heterocycles. The first-order valence-electron chi connectivity index (χ1n) is 9.69. The van der Waals surface area contributed by atoms with Gasteiger partial charge in [-0.3, -0.25) is 4.79 Å². The minimum atomic E-state index is -0.108. The lowest BCUT2D eigenvalue weighted by atomic mass is 10.1. The van der Waals surface area contributed by atoms with Crippen molar-refractivity contribution in [3.8, 4) is 0 Å². The first kappa shape index (κ1) is 19.2. The molecule has 2 aromatic rings. The van der Waals surface area contributed by atoms with Gasteiger partial charge >= 0.3 is 0 Å². The van der Waals surface area contributed by atoms with E-state index in [0.717, 1.165) is 49.5 Å². The van der Waals surface area contributed by atoms with Crippen LogP contribution in [0.15, 0.2) is 48.5 Å². The Kier molecular flexibility index (Phi) is 6.30. The third kappa shape index (κ3) is 5.20. The highest BCUT2D eigenvalue weighted by atomic mass is 16.1. The van der Waals surface area contributed by atoms with Gasteiger partial charge in [-0.05, 0) is 55.8 Å². The molecule has 3 rings (SSSR count). The Balaban J connectivity index is 1.60. The third-order valence-corrected chi connectivity index (χ3v) is 5.16. The molecule has 1 amide bonds. The largest absolute Gasteiger partial charge is 0.369 e. The number of anilines is 2. The quantitative estimate of drug-likeness (QED) is 0.813. The number of rotatable bonds is 5. The van der Waals surface area contributed by atoms with E-state index in [2.05, 4.69) is 41.1 Å². The summed E-state index contributed by atoms with van der Waals surface area (Å²) in [6, 6.07) is 14.4. The van der Waals surface area contributed by atoms with Gasteiger partial charge in [0.2, 0.25) is 5.91 Å². The number of carbonyl (C=O) groups excluding carboxylic acids is 1. The van der Waals surface area contributed by atoms with Gasteiger partial charge in [0, 0.05) is 43.6 Å². The fraction of sp³-hybridized carbons (Fsp3) is 0.348. The summed E-state index contributed by atoms with van der Waals surface area (Å²) in [5.74, 6) is -0.108. The van der Waals surface area contributed by atoms with Crippen LogP contribution >= 0.6 is 0 Å². The molecule has 0 atom stereocenters. The minimum Gasteiger partial charge on any atom is -0.369 e. The van der Waals surface area contributed by atoms with E-state index < -0.39 is 0 Å². The zero-order valence-electron chi connectivity index (χ0n) is 16.5. The maximum Gasteiger partial charge on any atom is 0.248 e. The number of nitrogens with one attached hydrogen (secondary N) is 1. The second kappa shape index (κ2) is 8.87. The van der Waals surface area contributed by atoms with Gasteiger partial charge < -0.3 is 15.1 Å². The first-order chi connectivity index (χ1) is 13.0. The van der Waals surface area contributed by atoms with Crippen LogP contribution in [0.1, 0.15) is 23.6 Å². The molecule has 1 aliphatic heterocycles. The van der Waals surface area contributed by atoms with Gasteiger partial charge in [0.15, 0.2) is 0 Å². The highest BCUT2D eigenvalue weighted by Gasteiger charge is 2.16. The fourth-order valence-corrected chi connectivity index (χ4v) is 3.33. The summed E-state index contributed by atoms with van der Waals surface area (Å²) in [6.07, 6.45) is 3.42. The van der Waals surface area contributed by atoms with Gasteiger partial charge in [-0.15, -0.1) is 0 Å². The summed E-state index contributed by atoms with van der Waals surface area (Å²) in [6.45, 7) is 11.8. The Labute approximate surface area is 162 Å². The molecule has 1 saturated heterocycles. The molecule has 0 bridgehead atoms. The number of benzene rings is 2. The molecule has 0 spiro atoms. The van der Waals surface area contributed by atoms with E-state index in [0.29, 0.717) is 0 Å².